The van der Waals surface area contributed by atoms with E-state index in [2.05, 4.69) is 10.4 Å². The molecule has 0 radical (unpaired) electrons. The van der Waals surface area contributed by atoms with E-state index in [-0.39, 0.29) is 6.54 Å². The van der Waals surface area contributed by atoms with E-state index in [4.69, 9.17) is 0 Å². The molecule has 0 aliphatic heterocycles. The summed E-state index contributed by atoms with van der Waals surface area (Å²) in [6, 6.07) is 5.14. The smallest absolute Gasteiger partial charge is 0.312 e. The minimum absolute atomic E-state index is 0.233. The lowest BCUT2D eigenvalue weighted by molar-refractivity contribution is -0.141. The zero-order valence-corrected chi connectivity index (χ0v) is 11.4. The van der Waals surface area contributed by atoms with Crippen molar-refractivity contribution >= 4 is 0 Å². The molecule has 1 aromatic carbocycles. The third kappa shape index (κ3) is 3.60. The van der Waals surface area contributed by atoms with E-state index < -0.39 is 17.7 Å². The minimum Gasteiger partial charge on any atom is -0.312 e. The molecule has 2 rings (SSSR count). The molecule has 0 saturated carbocycles. The number of rotatable bonds is 5. The number of benzene rings is 1. The lowest BCUT2D eigenvalue weighted by atomic mass is 10.1. The summed E-state index contributed by atoms with van der Waals surface area (Å²) in [6.45, 7) is 2.90. The van der Waals surface area contributed by atoms with Crippen LogP contribution in [0.1, 0.15) is 24.6 Å². The molecule has 0 aliphatic carbocycles. The van der Waals surface area contributed by atoms with Gasteiger partial charge in [-0.15, -0.1) is 0 Å². The van der Waals surface area contributed by atoms with Gasteiger partial charge in [-0.05, 0) is 31.2 Å². The van der Waals surface area contributed by atoms with Gasteiger partial charge in [0.25, 0.3) is 0 Å². The van der Waals surface area contributed by atoms with Gasteiger partial charge >= 0.3 is 6.18 Å². The van der Waals surface area contributed by atoms with Gasteiger partial charge in [0.05, 0.1) is 5.69 Å². The highest BCUT2D eigenvalue weighted by Crippen LogP contribution is 2.28. The van der Waals surface area contributed by atoms with Crippen LogP contribution in [0.25, 0.3) is 5.69 Å². The van der Waals surface area contributed by atoms with Gasteiger partial charge in [0.15, 0.2) is 5.69 Å². The molecule has 7 heteroatoms. The predicted molar refractivity (Wildman–Crippen MR) is 70.5 cm³/mol. The Labute approximate surface area is 119 Å². The van der Waals surface area contributed by atoms with Gasteiger partial charge in [0, 0.05) is 18.3 Å². The van der Waals surface area contributed by atoms with Gasteiger partial charge in [-0.2, -0.15) is 18.3 Å². The van der Waals surface area contributed by atoms with Crippen LogP contribution in [0.4, 0.5) is 17.6 Å². The minimum atomic E-state index is -4.51. The quantitative estimate of drug-likeness (QED) is 0.676. The van der Waals surface area contributed by atoms with Gasteiger partial charge in [0.2, 0.25) is 0 Å². The number of hydrogen-bond acceptors (Lipinski definition) is 2. The van der Waals surface area contributed by atoms with Crippen LogP contribution in [0.5, 0.6) is 0 Å². The fourth-order valence-electron chi connectivity index (χ4n) is 1.94. The summed E-state index contributed by atoms with van der Waals surface area (Å²) in [6.07, 6.45) is -2.45. The van der Waals surface area contributed by atoms with Crippen molar-refractivity contribution in [1.29, 1.82) is 0 Å². The number of alkyl halides is 3. The Morgan fingerprint density at radius 1 is 1.24 bits per heavy atom. The van der Waals surface area contributed by atoms with Crippen LogP contribution in [-0.2, 0) is 12.7 Å². The van der Waals surface area contributed by atoms with Gasteiger partial charge in [-0.3, -0.25) is 0 Å². The number of nitrogens with zero attached hydrogens (tertiary/aromatic N) is 2. The Hall–Kier alpha value is -1.89. The van der Waals surface area contributed by atoms with Gasteiger partial charge in [-0.1, -0.05) is 13.0 Å². The van der Waals surface area contributed by atoms with E-state index in [1.807, 2.05) is 6.92 Å². The van der Waals surface area contributed by atoms with Crippen molar-refractivity contribution < 1.29 is 17.6 Å². The Morgan fingerprint density at radius 2 is 2.00 bits per heavy atom. The average molecular weight is 301 g/mol. The van der Waals surface area contributed by atoms with Crippen LogP contribution in [0.2, 0.25) is 0 Å². The Balaban J connectivity index is 2.34. The summed E-state index contributed by atoms with van der Waals surface area (Å²) in [7, 11) is 0. The van der Waals surface area contributed by atoms with Gasteiger partial charge in [-0.25, -0.2) is 9.07 Å². The molecular weight excluding hydrogens is 286 g/mol. The summed E-state index contributed by atoms with van der Waals surface area (Å²) >= 11 is 0. The zero-order chi connectivity index (χ0) is 15.5. The average Bonchev–Trinajstić information content (AvgIpc) is 2.90. The number of nitrogens with one attached hydrogen (secondary N) is 1. The third-order valence-corrected chi connectivity index (χ3v) is 2.95. The van der Waals surface area contributed by atoms with E-state index in [0.717, 1.165) is 17.2 Å². The van der Waals surface area contributed by atoms with E-state index in [1.54, 1.807) is 6.07 Å². The molecule has 1 aromatic heterocycles. The monoisotopic (exact) mass is 301 g/mol. The number of halogens is 4. The van der Waals surface area contributed by atoms with Gasteiger partial charge in [0.1, 0.15) is 5.82 Å². The molecule has 0 bridgehead atoms. The van der Waals surface area contributed by atoms with Gasteiger partial charge < -0.3 is 5.32 Å². The molecule has 1 N–H and O–H groups in total. The van der Waals surface area contributed by atoms with Crippen LogP contribution in [-0.4, -0.2) is 16.3 Å². The normalized spacial score (nSPS) is 11.9. The maximum Gasteiger partial charge on any atom is 0.435 e. The molecule has 1 heterocycles. The Morgan fingerprint density at radius 3 is 2.62 bits per heavy atom. The van der Waals surface area contributed by atoms with Crippen molar-refractivity contribution in [3.05, 3.63) is 47.5 Å². The van der Waals surface area contributed by atoms with Crippen molar-refractivity contribution in [2.24, 2.45) is 0 Å². The summed E-state index contributed by atoms with van der Waals surface area (Å²) in [4.78, 5) is 0. The molecule has 0 spiro atoms. The molecule has 114 valence electrons. The van der Waals surface area contributed by atoms with Crippen molar-refractivity contribution in [3.63, 3.8) is 0 Å². The summed E-state index contributed by atoms with van der Waals surface area (Å²) in [5, 5.41) is 6.52. The highest BCUT2D eigenvalue weighted by atomic mass is 19.4. The lowest BCUT2D eigenvalue weighted by Gasteiger charge is -2.11. The predicted octanol–water partition coefficient (Wildman–Crippen LogP) is 3.53. The Bertz CT molecular complexity index is 605. The second-order valence-electron chi connectivity index (χ2n) is 4.56. The SMILES string of the molecule is CCCNCc1c(F)cccc1-n1ccc(C(F)(F)F)n1. The van der Waals surface area contributed by atoms with Crippen LogP contribution in [0.15, 0.2) is 30.5 Å². The molecule has 3 nitrogen and oxygen atoms in total. The molecule has 0 fully saturated rings. The molecule has 0 saturated heterocycles. The molecule has 21 heavy (non-hydrogen) atoms. The second-order valence-corrected chi connectivity index (χ2v) is 4.56. The first-order chi connectivity index (χ1) is 9.93. The first kappa shape index (κ1) is 15.5. The van der Waals surface area contributed by atoms with Crippen molar-refractivity contribution in [1.82, 2.24) is 15.1 Å². The molecule has 2 aromatic rings. The molecule has 0 aliphatic rings. The molecular formula is C14H15F4N3. The first-order valence-corrected chi connectivity index (χ1v) is 6.55. The Kier molecular flexibility index (Phi) is 4.62. The number of aromatic nitrogens is 2. The van der Waals surface area contributed by atoms with Crippen molar-refractivity contribution in [2.45, 2.75) is 26.1 Å². The van der Waals surface area contributed by atoms with Crippen LogP contribution < -0.4 is 5.32 Å². The van der Waals surface area contributed by atoms with Crippen molar-refractivity contribution in [3.8, 4) is 5.69 Å². The second kappa shape index (κ2) is 6.26. The summed E-state index contributed by atoms with van der Waals surface area (Å²) < 4.78 is 52.7. The number of hydrogen-bond donors (Lipinski definition) is 1. The van der Waals surface area contributed by atoms with Crippen LogP contribution in [0, 0.1) is 5.82 Å². The zero-order valence-electron chi connectivity index (χ0n) is 11.4. The lowest BCUT2D eigenvalue weighted by Crippen LogP contribution is -2.17. The summed E-state index contributed by atoms with van der Waals surface area (Å²) in [5.41, 5.74) is -0.406. The topological polar surface area (TPSA) is 29.9 Å². The maximum atomic E-state index is 13.9. The van der Waals surface area contributed by atoms with Crippen molar-refractivity contribution in [2.75, 3.05) is 6.54 Å². The molecule has 0 atom stereocenters. The fraction of sp³-hybridized carbons (Fsp3) is 0.357. The van der Waals surface area contributed by atoms with E-state index in [0.29, 0.717) is 17.8 Å². The largest absolute Gasteiger partial charge is 0.435 e. The molecule has 0 amide bonds. The first-order valence-electron chi connectivity index (χ1n) is 6.55. The van der Waals surface area contributed by atoms with Crippen LogP contribution >= 0.6 is 0 Å². The highest BCUT2D eigenvalue weighted by Gasteiger charge is 2.33. The maximum absolute atomic E-state index is 13.9. The third-order valence-electron chi connectivity index (χ3n) is 2.95. The standard InChI is InChI=1S/C14H15F4N3/c1-2-7-19-9-10-11(15)4-3-5-12(10)21-8-6-13(20-21)14(16,17)18/h3-6,8,19H,2,7,9H2,1H3. The van der Waals surface area contributed by atoms with E-state index >= 15 is 0 Å². The van der Waals surface area contributed by atoms with Crippen LogP contribution in [0.3, 0.4) is 0 Å². The highest BCUT2D eigenvalue weighted by molar-refractivity contribution is 5.41. The fourth-order valence-corrected chi connectivity index (χ4v) is 1.94. The van der Waals surface area contributed by atoms with E-state index in [9.17, 15) is 17.6 Å². The molecule has 0 unspecified atom stereocenters. The summed E-state index contributed by atoms with van der Waals surface area (Å²) in [5.74, 6) is -0.472. The van der Waals surface area contributed by atoms with E-state index in [1.165, 1.54) is 18.3 Å².